The molecule has 0 amide bonds. The van der Waals surface area contributed by atoms with Crippen molar-refractivity contribution in [1.29, 1.82) is 0 Å². The number of imidazole rings is 1. The van der Waals surface area contributed by atoms with E-state index in [2.05, 4.69) is 0 Å². The summed E-state index contributed by atoms with van der Waals surface area (Å²) < 4.78 is 6.97. The summed E-state index contributed by atoms with van der Waals surface area (Å²) in [5.41, 5.74) is 4.18. The SMILES string of the molecule is CCOC(=O)n1c(-c2ccccc2)nc(-c2ccccc2)c1-c1ccccc1. The van der Waals surface area contributed by atoms with Crippen molar-refractivity contribution < 1.29 is 9.53 Å². The van der Waals surface area contributed by atoms with Gasteiger partial charge in [0.05, 0.1) is 18.0 Å². The maximum atomic E-state index is 13.0. The summed E-state index contributed by atoms with van der Waals surface area (Å²) in [5.74, 6) is 0.566. The van der Waals surface area contributed by atoms with E-state index in [0.717, 1.165) is 28.1 Å². The fourth-order valence-electron chi connectivity index (χ4n) is 3.23. The van der Waals surface area contributed by atoms with Crippen LogP contribution in [0.4, 0.5) is 4.79 Å². The first-order valence-corrected chi connectivity index (χ1v) is 9.25. The van der Waals surface area contributed by atoms with Crippen molar-refractivity contribution in [2.24, 2.45) is 0 Å². The molecule has 0 unspecified atom stereocenters. The highest BCUT2D eigenvalue weighted by Crippen LogP contribution is 2.36. The van der Waals surface area contributed by atoms with Crippen LogP contribution in [0.15, 0.2) is 91.0 Å². The van der Waals surface area contributed by atoms with E-state index in [1.165, 1.54) is 0 Å². The van der Waals surface area contributed by atoms with Gasteiger partial charge in [-0.25, -0.2) is 14.3 Å². The number of hydrogen-bond donors (Lipinski definition) is 0. The van der Waals surface area contributed by atoms with Crippen LogP contribution in [-0.4, -0.2) is 22.3 Å². The Kier molecular flexibility index (Phi) is 5.02. The molecule has 1 heterocycles. The lowest BCUT2D eigenvalue weighted by atomic mass is 10.0. The van der Waals surface area contributed by atoms with Gasteiger partial charge >= 0.3 is 6.09 Å². The minimum absolute atomic E-state index is 0.292. The standard InChI is InChI=1S/C24H20N2O2/c1-2-28-24(27)26-22(19-14-8-4-9-15-19)21(18-12-6-3-7-13-18)25-23(26)20-16-10-5-11-17-20/h3-17H,2H2,1H3. The van der Waals surface area contributed by atoms with Crippen molar-refractivity contribution >= 4 is 6.09 Å². The molecule has 28 heavy (non-hydrogen) atoms. The third kappa shape index (κ3) is 3.32. The summed E-state index contributed by atoms with van der Waals surface area (Å²) >= 11 is 0. The molecule has 0 aliphatic rings. The average Bonchev–Trinajstić information content (AvgIpc) is 3.17. The van der Waals surface area contributed by atoms with E-state index < -0.39 is 6.09 Å². The number of aromatic nitrogens is 2. The molecule has 0 bridgehead atoms. The Morgan fingerprint density at radius 1 is 0.786 bits per heavy atom. The number of ether oxygens (including phenoxy) is 1. The van der Waals surface area contributed by atoms with Gasteiger partial charge in [-0.3, -0.25) is 0 Å². The van der Waals surface area contributed by atoms with E-state index in [4.69, 9.17) is 9.72 Å². The highest BCUT2D eigenvalue weighted by atomic mass is 16.5. The van der Waals surface area contributed by atoms with Crippen LogP contribution in [0.3, 0.4) is 0 Å². The molecule has 0 saturated carbocycles. The molecule has 0 fully saturated rings. The third-order valence-corrected chi connectivity index (χ3v) is 4.45. The molecule has 0 N–H and O–H groups in total. The lowest BCUT2D eigenvalue weighted by molar-refractivity contribution is 0.154. The van der Waals surface area contributed by atoms with Crippen LogP contribution < -0.4 is 0 Å². The number of benzene rings is 3. The van der Waals surface area contributed by atoms with Crippen molar-refractivity contribution in [2.45, 2.75) is 6.92 Å². The highest BCUT2D eigenvalue weighted by molar-refractivity contribution is 5.91. The van der Waals surface area contributed by atoms with Crippen molar-refractivity contribution in [2.75, 3.05) is 6.61 Å². The van der Waals surface area contributed by atoms with Crippen molar-refractivity contribution in [3.05, 3.63) is 91.0 Å². The van der Waals surface area contributed by atoms with Gasteiger partial charge in [-0.15, -0.1) is 0 Å². The number of nitrogens with zero attached hydrogens (tertiary/aromatic N) is 2. The highest BCUT2D eigenvalue weighted by Gasteiger charge is 2.25. The molecule has 4 aromatic rings. The fourth-order valence-corrected chi connectivity index (χ4v) is 3.23. The van der Waals surface area contributed by atoms with Crippen LogP contribution in [0.1, 0.15) is 6.92 Å². The molecule has 4 heteroatoms. The second-order valence-corrected chi connectivity index (χ2v) is 6.27. The van der Waals surface area contributed by atoms with Gasteiger partial charge < -0.3 is 4.74 Å². The number of carbonyl (C=O) groups excluding carboxylic acids is 1. The zero-order chi connectivity index (χ0) is 19.3. The molecule has 0 aliphatic carbocycles. The number of hydrogen-bond acceptors (Lipinski definition) is 3. The second kappa shape index (κ2) is 7.92. The zero-order valence-corrected chi connectivity index (χ0v) is 15.6. The smallest absolute Gasteiger partial charge is 0.420 e. The second-order valence-electron chi connectivity index (χ2n) is 6.27. The lowest BCUT2D eigenvalue weighted by Crippen LogP contribution is -2.16. The van der Waals surface area contributed by atoms with Crippen LogP contribution in [-0.2, 0) is 4.74 Å². The fraction of sp³-hybridized carbons (Fsp3) is 0.0833. The van der Waals surface area contributed by atoms with Crippen molar-refractivity contribution in [3.63, 3.8) is 0 Å². The Hall–Kier alpha value is -3.66. The number of rotatable bonds is 4. The Morgan fingerprint density at radius 2 is 1.29 bits per heavy atom. The van der Waals surface area contributed by atoms with Gasteiger partial charge in [0.25, 0.3) is 0 Å². The number of carbonyl (C=O) groups is 1. The van der Waals surface area contributed by atoms with Gasteiger partial charge in [-0.1, -0.05) is 91.0 Å². The molecule has 1 aromatic heterocycles. The average molecular weight is 368 g/mol. The third-order valence-electron chi connectivity index (χ3n) is 4.45. The van der Waals surface area contributed by atoms with Crippen LogP contribution in [0, 0.1) is 0 Å². The molecule has 4 rings (SSSR count). The predicted octanol–water partition coefficient (Wildman–Crippen LogP) is 5.89. The Balaban J connectivity index is 2.05. The van der Waals surface area contributed by atoms with E-state index in [1.54, 1.807) is 11.5 Å². The van der Waals surface area contributed by atoms with Crippen LogP contribution in [0.25, 0.3) is 33.9 Å². The Morgan fingerprint density at radius 3 is 1.82 bits per heavy atom. The van der Waals surface area contributed by atoms with E-state index >= 15 is 0 Å². The quantitative estimate of drug-likeness (QED) is 0.451. The largest absolute Gasteiger partial charge is 0.449 e. The topological polar surface area (TPSA) is 44.1 Å². The van der Waals surface area contributed by atoms with Crippen LogP contribution in [0.5, 0.6) is 0 Å². The maximum Gasteiger partial charge on any atom is 0.420 e. The molecular formula is C24H20N2O2. The Bertz CT molecular complexity index is 1070. The summed E-state index contributed by atoms with van der Waals surface area (Å²) in [4.78, 5) is 17.9. The first kappa shape index (κ1) is 17.7. The molecule has 0 atom stereocenters. The van der Waals surface area contributed by atoms with Gasteiger partial charge in [0.2, 0.25) is 0 Å². The van der Waals surface area contributed by atoms with Crippen LogP contribution >= 0.6 is 0 Å². The monoisotopic (exact) mass is 368 g/mol. The molecule has 0 saturated heterocycles. The van der Waals surface area contributed by atoms with Crippen molar-refractivity contribution in [1.82, 2.24) is 9.55 Å². The van der Waals surface area contributed by atoms with E-state index in [1.807, 2.05) is 91.0 Å². The molecule has 0 aliphatic heterocycles. The van der Waals surface area contributed by atoms with Crippen LogP contribution in [0.2, 0.25) is 0 Å². The Labute approximate surface area is 164 Å². The van der Waals surface area contributed by atoms with Gasteiger partial charge in [0.1, 0.15) is 0 Å². The first-order valence-electron chi connectivity index (χ1n) is 9.25. The first-order chi connectivity index (χ1) is 13.8. The molecule has 138 valence electrons. The normalized spacial score (nSPS) is 10.6. The minimum atomic E-state index is -0.435. The van der Waals surface area contributed by atoms with Gasteiger partial charge in [0.15, 0.2) is 5.82 Å². The van der Waals surface area contributed by atoms with E-state index in [9.17, 15) is 4.79 Å². The van der Waals surface area contributed by atoms with Gasteiger partial charge in [-0.05, 0) is 6.92 Å². The molecule has 0 radical (unpaired) electrons. The van der Waals surface area contributed by atoms with E-state index in [0.29, 0.717) is 12.4 Å². The summed E-state index contributed by atoms with van der Waals surface area (Å²) in [7, 11) is 0. The maximum absolute atomic E-state index is 13.0. The van der Waals surface area contributed by atoms with Gasteiger partial charge in [-0.2, -0.15) is 0 Å². The lowest BCUT2D eigenvalue weighted by Gasteiger charge is -2.11. The molecule has 0 spiro atoms. The molecule has 4 nitrogen and oxygen atoms in total. The zero-order valence-electron chi connectivity index (χ0n) is 15.6. The minimum Gasteiger partial charge on any atom is -0.449 e. The molecular weight excluding hydrogens is 348 g/mol. The van der Waals surface area contributed by atoms with Gasteiger partial charge in [0, 0.05) is 16.7 Å². The predicted molar refractivity (Wildman–Crippen MR) is 111 cm³/mol. The summed E-state index contributed by atoms with van der Waals surface area (Å²) in [6.45, 7) is 2.09. The summed E-state index contributed by atoms with van der Waals surface area (Å²) in [6, 6.07) is 29.4. The van der Waals surface area contributed by atoms with Crippen molar-refractivity contribution in [3.8, 4) is 33.9 Å². The summed E-state index contributed by atoms with van der Waals surface area (Å²) in [6.07, 6.45) is -0.435. The molecule has 3 aromatic carbocycles. The summed E-state index contributed by atoms with van der Waals surface area (Å²) in [5, 5.41) is 0. The van der Waals surface area contributed by atoms with E-state index in [-0.39, 0.29) is 0 Å².